The first kappa shape index (κ1) is 14.6. The van der Waals surface area contributed by atoms with E-state index in [9.17, 15) is 4.79 Å². The van der Waals surface area contributed by atoms with Crippen LogP contribution in [-0.4, -0.2) is 12.6 Å². The Morgan fingerprint density at radius 3 is 2.76 bits per heavy atom. The van der Waals surface area contributed by atoms with E-state index in [4.69, 9.17) is 14.7 Å². The van der Waals surface area contributed by atoms with Crippen LogP contribution in [0.15, 0.2) is 48.5 Å². The van der Waals surface area contributed by atoms with E-state index < -0.39 is 5.97 Å². The lowest BCUT2D eigenvalue weighted by atomic mass is 10.1. The molecule has 0 aliphatic rings. The molecule has 106 valence electrons. The third-order valence-electron chi connectivity index (χ3n) is 2.85. The highest BCUT2D eigenvalue weighted by Crippen LogP contribution is 2.20. The number of hydrogen-bond acceptors (Lipinski definition) is 4. The van der Waals surface area contributed by atoms with Gasteiger partial charge >= 0.3 is 5.97 Å². The maximum atomic E-state index is 11.8. The van der Waals surface area contributed by atoms with Crippen molar-refractivity contribution in [2.45, 2.75) is 13.5 Å². The Bertz CT molecular complexity index is 674. The molecular formula is C17H15NO3. The Balaban J connectivity index is 2.10. The number of nitrogens with zero attached hydrogens (tertiary/aromatic N) is 1. The van der Waals surface area contributed by atoms with Crippen LogP contribution in [0.4, 0.5) is 0 Å². The van der Waals surface area contributed by atoms with E-state index >= 15 is 0 Å². The second kappa shape index (κ2) is 7.11. The maximum Gasteiger partial charge on any atom is 0.342 e. The van der Waals surface area contributed by atoms with Crippen molar-refractivity contribution in [2.24, 2.45) is 0 Å². The molecule has 2 aromatic rings. The predicted octanol–water partition coefficient (Wildman–Crippen LogP) is 3.25. The number of para-hydroxylation sites is 1. The van der Waals surface area contributed by atoms with Crippen LogP contribution in [0, 0.1) is 18.3 Å². The molecule has 0 aliphatic carbocycles. The first-order chi connectivity index (χ1) is 10.2. The summed E-state index contributed by atoms with van der Waals surface area (Å²) in [5.41, 5.74) is 2.49. The summed E-state index contributed by atoms with van der Waals surface area (Å²) in [6.45, 7) is 2.10. The van der Waals surface area contributed by atoms with Crippen LogP contribution < -0.4 is 4.74 Å². The molecule has 2 aromatic carbocycles. The SMILES string of the molecule is Cc1cccc(COc2ccccc2C(=O)OCC#N)c1. The number of ether oxygens (including phenoxy) is 2. The molecular weight excluding hydrogens is 266 g/mol. The van der Waals surface area contributed by atoms with Gasteiger partial charge in [-0.05, 0) is 24.6 Å². The number of rotatable bonds is 5. The van der Waals surface area contributed by atoms with Gasteiger partial charge in [0.05, 0.1) is 0 Å². The molecule has 4 heteroatoms. The summed E-state index contributed by atoms with van der Waals surface area (Å²) in [6, 6.07) is 16.6. The molecule has 2 rings (SSSR count). The fourth-order valence-electron chi connectivity index (χ4n) is 1.90. The van der Waals surface area contributed by atoms with Gasteiger partial charge in [0.2, 0.25) is 0 Å². The summed E-state index contributed by atoms with van der Waals surface area (Å²) in [7, 11) is 0. The van der Waals surface area contributed by atoms with Crippen molar-refractivity contribution in [2.75, 3.05) is 6.61 Å². The number of nitriles is 1. The molecule has 0 aromatic heterocycles. The number of hydrogen-bond donors (Lipinski definition) is 0. The number of carbonyl (C=O) groups is 1. The number of esters is 1. The minimum atomic E-state index is -0.559. The van der Waals surface area contributed by atoms with Gasteiger partial charge in [0, 0.05) is 0 Å². The van der Waals surface area contributed by atoms with Gasteiger partial charge < -0.3 is 9.47 Å². The van der Waals surface area contributed by atoms with E-state index in [2.05, 4.69) is 0 Å². The molecule has 0 spiro atoms. The van der Waals surface area contributed by atoms with E-state index in [1.54, 1.807) is 30.3 Å². The zero-order valence-electron chi connectivity index (χ0n) is 11.7. The van der Waals surface area contributed by atoms with Crippen LogP contribution in [0.3, 0.4) is 0 Å². The molecule has 0 heterocycles. The molecule has 0 fully saturated rings. The van der Waals surface area contributed by atoms with Gasteiger partial charge in [0.15, 0.2) is 6.61 Å². The number of benzene rings is 2. The summed E-state index contributed by atoms with van der Waals surface area (Å²) in [5, 5.41) is 8.45. The monoisotopic (exact) mass is 281 g/mol. The molecule has 0 bridgehead atoms. The Morgan fingerprint density at radius 1 is 1.19 bits per heavy atom. The van der Waals surface area contributed by atoms with Crippen molar-refractivity contribution in [3.05, 3.63) is 65.2 Å². The fraction of sp³-hybridized carbons (Fsp3) is 0.176. The minimum Gasteiger partial charge on any atom is -0.488 e. The second-order valence-corrected chi connectivity index (χ2v) is 4.51. The summed E-state index contributed by atoms with van der Waals surface area (Å²) in [6.07, 6.45) is 0. The van der Waals surface area contributed by atoms with E-state index in [1.807, 2.05) is 31.2 Å². The average Bonchev–Trinajstić information content (AvgIpc) is 2.51. The number of aryl methyl sites for hydroxylation is 1. The van der Waals surface area contributed by atoms with Crippen LogP contribution in [-0.2, 0) is 11.3 Å². The molecule has 4 nitrogen and oxygen atoms in total. The first-order valence-electron chi connectivity index (χ1n) is 6.52. The zero-order valence-corrected chi connectivity index (χ0v) is 11.7. The summed E-state index contributed by atoms with van der Waals surface area (Å²) in [4.78, 5) is 11.8. The van der Waals surface area contributed by atoms with Crippen LogP contribution in [0.2, 0.25) is 0 Å². The summed E-state index contributed by atoms with van der Waals surface area (Å²) in [5.74, 6) is -0.113. The van der Waals surface area contributed by atoms with E-state index in [1.165, 1.54) is 0 Å². The van der Waals surface area contributed by atoms with Crippen molar-refractivity contribution < 1.29 is 14.3 Å². The van der Waals surface area contributed by atoms with Crippen molar-refractivity contribution in [3.63, 3.8) is 0 Å². The van der Waals surface area contributed by atoms with Gasteiger partial charge in [0.1, 0.15) is 24.0 Å². The summed E-state index contributed by atoms with van der Waals surface area (Å²) < 4.78 is 10.5. The Hall–Kier alpha value is -2.80. The van der Waals surface area contributed by atoms with E-state index in [-0.39, 0.29) is 6.61 Å². The van der Waals surface area contributed by atoms with Crippen molar-refractivity contribution >= 4 is 5.97 Å². The highest BCUT2D eigenvalue weighted by atomic mass is 16.5. The quantitative estimate of drug-likeness (QED) is 0.789. The maximum absolute atomic E-state index is 11.8. The molecule has 0 unspecified atom stereocenters. The normalized spacial score (nSPS) is 9.71. The Labute approximate surface area is 123 Å². The largest absolute Gasteiger partial charge is 0.488 e. The molecule has 0 saturated carbocycles. The standard InChI is InChI=1S/C17H15NO3/c1-13-5-4-6-14(11-13)12-21-16-8-3-2-7-15(16)17(19)20-10-9-18/h2-8,11H,10,12H2,1H3. The first-order valence-corrected chi connectivity index (χ1v) is 6.52. The van der Waals surface area contributed by atoms with E-state index in [0.29, 0.717) is 17.9 Å². The minimum absolute atomic E-state index is 0.273. The Morgan fingerprint density at radius 2 is 2.00 bits per heavy atom. The predicted molar refractivity (Wildman–Crippen MR) is 77.8 cm³/mol. The average molecular weight is 281 g/mol. The molecule has 0 saturated heterocycles. The van der Waals surface area contributed by atoms with Gasteiger partial charge in [-0.1, -0.05) is 42.0 Å². The molecule has 21 heavy (non-hydrogen) atoms. The molecule has 0 radical (unpaired) electrons. The van der Waals surface area contributed by atoms with Crippen LogP contribution >= 0.6 is 0 Å². The van der Waals surface area contributed by atoms with Crippen molar-refractivity contribution in [1.82, 2.24) is 0 Å². The highest BCUT2D eigenvalue weighted by molar-refractivity contribution is 5.92. The smallest absolute Gasteiger partial charge is 0.342 e. The molecule has 0 aliphatic heterocycles. The van der Waals surface area contributed by atoms with Crippen LogP contribution in [0.5, 0.6) is 5.75 Å². The fourth-order valence-corrected chi connectivity index (χ4v) is 1.90. The third-order valence-corrected chi connectivity index (χ3v) is 2.85. The van der Waals surface area contributed by atoms with Crippen LogP contribution in [0.25, 0.3) is 0 Å². The van der Waals surface area contributed by atoms with Crippen molar-refractivity contribution in [3.8, 4) is 11.8 Å². The van der Waals surface area contributed by atoms with Gasteiger partial charge in [-0.15, -0.1) is 0 Å². The van der Waals surface area contributed by atoms with Gasteiger partial charge in [-0.25, -0.2) is 4.79 Å². The highest BCUT2D eigenvalue weighted by Gasteiger charge is 2.13. The van der Waals surface area contributed by atoms with Crippen molar-refractivity contribution in [1.29, 1.82) is 5.26 Å². The van der Waals surface area contributed by atoms with Gasteiger partial charge in [0.25, 0.3) is 0 Å². The van der Waals surface area contributed by atoms with E-state index in [0.717, 1.165) is 11.1 Å². The molecule has 0 amide bonds. The lowest BCUT2D eigenvalue weighted by Crippen LogP contribution is -2.08. The lowest BCUT2D eigenvalue weighted by Gasteiger charge is -2.10. The molecule has 0 atom stereocenters. The molecule has 0 N–H and O–H groups in total. The topological polar surface area (TPSA) is 59.3 Å². The number of carbonyl (C=O) groups excluding carboxylic acids is 1. The summed E-state index contributed by atoms with van der Waals surface area (Å²) >= 11 is 0. The third kappa shape index (κ3) is 4.08. The van der Waals surface area contributed by atoms with Gasteiger partial charge in [-0.3, -0.25) is 0 Å². The van der Waals surface area contributed by atoms with Gasteiger partial charge in [-0.2, -0.15) is 5.26 Å². The lowest BCUT2D eigenvalue weighted by molar-refractivity contribution is 0.0550. The Kier molecular flexibility index (Phi) is 4.94. The second-order valence-electron chi connectivity index (χ2n) is 4.51. The van der Waals surface area contributed by atoms with Crippen LogP contribution in [0.1, 0.15) is 21.5 Å². The zero-order chi connectivity index (χ0) is 15.1.